The van der Waals surface area contributed by atoms with Crippen molar-refractivity contribution in [3.63, 3.8) is 0 Å². The first kappa shape index (κ1) is 24.1. The second-order valence-electron chi connectivity index (χ2n) is 8.26. The van der Waals surface area contributed by atoms with Crippen molar-refractivity contribution < 1.29 is 23.5 Å². The number of nitrogens with zero attached hydrogens (tertiary/aromatic N) is 1. The summed E-state index contributed by atoms with van der Waals surface area (Å²) < 4.78 is 23.9. The molecule has 3 aromatic rings. The molecule has 2 N–H and O–H groups in total. The van der Waals surface area contributed by atoms with Crippen LogP contribution in [-0.2, 0) is 4.79 Å². The lowest BCUT2D eigenvalue weighted by Gasteiger charge is -2.28. The maximum absolute atomic E-state index is 13.0. The molecule has 0 unspecified atom stereocenters. The third-order valence-corrected chi connectivity index (χ3v) is 5.76. The largest absolute Gasteiger partial charge is 0.493 e. The predicted octanol–water partition coefficient (Wildman–Crippen LogP) is 5.09. The average molecular weight is 478 g/mol. The van der Waals surface area contributed by atoms with Gasteiger partial charge in [0.05, 0.1) is 7.11 Å². The van der Waals surface area contributed by atoms with E-state index in [2.05, 4.69) is 15.5 Å². The maximum atomic E-state index is 13.0. The van der Waals surface area contributed by atoms with Crippen molar-refractivity contribution in [2.45, 2.75) is 19.3 Å². The summed E-state index contributed by atoms with van der Waals surface area (Å²) in [5, 5.41) is 5.52. The van der Waals surface area contributed by atoms with Crippen LogP contribution in [0.2, 0.25) is 0 Å². The molecule has 0 bridgehead atoms. The lowest BCUT2D eigenvalue weighted by molar-refractivity contribution is -0.118. The van der Waals surface area contributed by atoms with Crippen molar-refractivity contribution in [2.75, 3.05) is 42.3 Å². The first-order valence-electron chi connectivity index (χ1n) is 11.5. The highest BCUT2D eigenvalue weighted by molar-refractivity contribution is 6.04. The fraction of sp³-hybridized carbons (Fsp3) is 0.259. The second kappa shape index (κ2) is 11.4. The number of benzene rings is 3. The van der Waals surface area contributed by atoms with E-state index in [1.165, 1.54) is 50.6 Å². The molecule has 0 radical (unpaired) electrons. The number of ether oxygens (including phenoxy) is 2. The van der Waals surface area contributed by atoms with E-state index in [0.29, 0.717) is 28.4 Å². The number of methoxy groups -OCH3 is 1. The van der Waals surface area contributed by atoms with E-state index >= 15 is 0 Å². The molecule has 1 saturated heterocycles. The Morgan fingerprint density at radius 2 is 1.51 bits per heavy atom. The van der Waals surface area contributed by atoms with Crippen molar-refractivity contribution in [2.24, 2.45) is 0 Å². The minimum atomic E-state index is -0.409. The van der Waals surface area contributed by atoms with Crippen molar-refractivity contribution in [1.82, 2.24) is 0 Å². The second-order valence-corrected chi connectivity index (χ2v) is 8.26. The van der Waals surface area contributed by atoms with E-state index in [0.717, 1.165) is 18.8 Å². The Bertz CT molecular complexity index is 1160. The molecule has 1 aliphatic rings. The van der Waals surface area contributed by atoms with Crippen LogP contribution in [0.1, 0.15) is 29.6 Å². The molecule has 8 heteroatoms. The number of piperidine rings is 1. The Morgan fingerprint density at radius 3 is 2.20 bits per heavy atom. The zero-order valence-corrected chi connectivity index (χ0v) is 19.6. The van der Waals surface area contributed by atoms with Gasteiger partial charge in [-0.15, -0.1) is 0 Å². The van der Waals surface area contributed by atoms with Crippen LogP contribution in [0, 0.1) is 5.82 Å². The molecular formula is C27H28FN3O4. The van der Waals surface area contributed by atoms with Crippen LogP contribution in [0.15, 0.2) is 66.7 Å². The molecule has 1 fully saturated rings. The summed E-state index contributed by atoms with van der Waals surface area (Å²) in [4.78, 5) is 27.3. The van der Waals surface area contributed by atoms with Crippen LogP contribution in [0.5, 0.6) is 11.5 Å². The van der Waals surface area contributed by atoms with Crippen LogP contribution in [0.3, 0.4) is 0 Å². The highest BCUT2D eigenvalue weighted by Gasteiger charge is 2.14. The summed E-state index contributed by atoms with van der Waals surface area (Å²) in [5.41, 5.74) is 2.72. The standard InChI is InChI=1S/C27H28FN3O4/c1-34-25-17-19(5-14-24(25)35-18-26(32)29-21-8-6-20(28)7-9-21)27(33)30-22-10-12-23(13-11-22)31-15-3-2-4-16-31/h5-14,17H,2-4,15-16,18H2,1H3,(H,29,32)(H,30,33). The third kappa shape index (κ3) is 6.50. The number of hydrogen-bond acceptors (Lipinski definition) is 5. The Hall–Kier alpha value is -4.07. The summed E-state index contributed by atoms with van der Waals surface area (Å²) in [6, 6.07) is 18.0. The summed E-state index contributed by atoms with van der Waals surface area (Å²) >= 11 is 0. The fourth-order valence-corrected chi connectivity index (χ4v) is 3.91. The minimum Gasteiger partial charge on any atom is -0.493 e. The molecule has 2 amide bonds. The smallest absolute Gasteiger partial charge is 0.262 e. The molecule has 0 aliphatic carbocycles. The molecule has 0 saturated carbocycles. The quantitative estimate of drug-likeness (QED) is 0.472. The van der Waals surface area contributed by atoms with Gasteiger partial charge in [-0.05, 0) is 86.0 Å². The van der Waals surface area contributed by atoms with Gasteiger partial charge in [0.1, 0.15) is 5.82 Å². The van der Waals surface area contributed by atoms with E-state index in [1.807, 2.05) is 24.3 Å². The predicted molar refractivity (Wildman–Crippen MR) is 134 cm³/mol. The number of hydrogen-bond donors (Lipinski definition) is 2. The van der Waals surface area contributed by atoms with Crippen LogP contribution in [0.4, 0.5) is 21.5 Å². The number of carbonyl (C=O) groups excluding carboxylic acids is 2. The van der Waals surface area contributed by atoms with Crippen LogP contribution < -0.4 is 25.0 Å². The number of anilines is 3. The van der Waals surface area contributed by atoms with Gasteiger partial charge in [0, 0.05) is 35.7 Å². The Balaban J connectivity index is 1.34. The number of rotatable bonds is 8. The van der Waals surface area contributed by atoms with Gasteiger partial charge in [0.25, 0.3) is 11.8 Å². The Morgan fingerprint density at radius 1 is 0.857 bits per heavy atom. The average Bonchev–Trinajstić information content (AvgIpc) is 2.89. The molecule has 35 heavy (non-hydrogen) atoms. The zero-order valence-electron chi connectivity index (χ0n) is 19.6. The molecule has 1 heterocycles. The van der Waals surface area contributed by atoms with E-state index in [-0.39, 0.29) is 18.3 Å². The highest BCUT2D eigenvalue weighted by Crippen LogP contribution is 2.29. The topological polar surface area (TPSA) is 79.9 Å². The lowest BCUT2D eigenvalue weighted by Crippen LogP contribution is -2.29. The first-order chi connectivity index (χ1) is 17.0. The fourth-order valence-electron chi connectivity index (χ4n) is 3.91. The SMILES string of the molecule is COc1cc(C(=O)Nc2ccc(N3CCCCC3)cc2)ccc1OCC(=O)Nc1ccc(F)cc1. The van der Waals surface area contributed by atoms with Gasteiger partial charge in [-0.25, -0.2) is 4.39 Å². The molecule has 4 rings (SSSR count). The summed E-state index contributed by atoms with van der Waals surface area (Å²) in [5.74, 6) is -0.428. The normalized spacial score (nSPS) is 13.1. The van der Waals surface area contributed by atoms with E-state index in [1.54, 1.807) is 18.2 Å². The van der Waals surface area contributed by atoms with Gasteiger partial charge < -0.3 is 25.0 Å². The molecule has 1 aliphatic heterocycles. The summed E-state index contributed by atoms with van der Waals surface area (Å²) in [6.45, 7) is 1.85. The van der Waals surface area contributed by atoms with Gasteiger partial charge in [0.15, 0.2) is 18.1 Å². The monoisotopic (exact) mass is 477 g/mol. The van der Waals surface area contributed by atoms with E-state index in [9.17, 15) is 14.0 Å². The number of carbonyl (C=O) groups is 2. The Kier molecular flexibility index (Phi) is 7.82. The van der Waals surface area contributed by atoms with Gasteiger partial charge in [-0.1, -0.05) is 0 Å². The molecule has 182 valence electrons. The van der Waals surface area contributed by atoms with Gasteiger partial charge >= 0.3 is 0 Å². The number of halogens is 1. The van der Waals surface area contributed by atoms with Crippen molar-refractivity contribution in [1.29, 1.82) is 0 Å². The third-order valence-electron chi connectivity index (χ3n) is 5.76. The molecule has 0 aromatic heterocycles. The zero-order chi connectivity index (χ0) is 24.6. The number of nitrogens with one attached hydrogen (secondary N) is 2. The van der Waals surface area contributed by atoms with Gasteiger partial charge in [-0.2, -0.15) is 0 Å². The minimum absolute atomic E-state index is 0.275. The summed E-state index contributed by atoms with van der Waals surface area (Å²) in [7, 11) is 1.46. The van der Waals surface area contributed by atoms with Crippen LogP contribution in [-0.4, -0.2) is 38.6 Å². The summed E-state index contributed by atoms with van der Waals surface area (Å²) in [6.07, 6.45) is 3.69. The molecule has 7 nitrogen and oxygen atoms in total. The molecule has 0 spiro atoms. The lowest BCUT2D eigenvalue weighted by atomic mass is 10.1. The number of amides is 2. The van der Waals surface area contributed by atoms with Crippen molar-refractivity contribution >= 4 is 28.9 Å². The van der Waals surface area contributed by atoms with Crippen LogP contribution in [0.25, 0.3) is 0 Å². The van der Waals surface area contributed by atoms with E-state index in [4.69, 9.17) is 9.47 Å². The molecule has 0 atom stereocenters. The van der Waals surface area contributed by atoms with Gasteiger partial charge in [-0.3, -0.25) is 9.59 Å². The molecule has 3 aromatic carbocycles. The van der Waals surface area contributed by atoms with E-state index < -0.39 is 5.91 Å². The highest BCUT2D eigenvalue weighted by atomic mass is 19.1. The van der Waals surface area contributed by atoms with Crippen molar-refractivity contribution in [3.8, 4) is 11.5 Å². The van der Waals surface area contributed by atoms with Gasteiger partial charge in [0.2, 0.25) is 0 Å². The van der Waals surface area contributed by atoms with Crippen molar-refractivity contribution in [3.05, 3.63) is 78.1 Å². The first-order valence-corrected chi connectivity index (χ1v) is 11.5. The Labute approximate surface area is 203 Å². The molecular weight excluding hydrogens is 449 g/mol. The maximum Gasteiger partial charge on any atom is 0.262 e. The van der Waals surface area contributed by atoms with Crippen LogP contribution >= 0.6 is 0 Å².